The van der Waals surface area contributed by atoms with Gasteiger partial charge in [0.05, 0.1) is 6.04 Å². The summed E-state index contributed by atoms with van der Waals surface area (Å²) in [6, 6.07) is 8.89. The highest BCUT2D eigenvalue weighted by molar-refractivity contribution is 5.74. The van der Waals surface area contributed by atoms with Crippen LogP contribution in [0.5, 0.6) is 0 Å². The molecule has 2 rings (SSSR count). The molecule has 1 atom stereocenters. The summed E-state index contributed by atoms with van der Waals surface area (Å²) >= 11 is 0. The summed E-state index contributed by atoms with van der Waals surface area (Å²) in [7, 11) is 2.12. The number of hydrogen-bond donors (Lipinski definition) is 2. The van der Waals surface area contributed by atoms with Gasteiger partial charge in [-0.25, -0.2) is 0 Å². The second-order valence-corrected chi connectivity index (χ2v) is 4.52. The van der Waals surface area contributed by atoms with Crippen molar-refractivity contribution in [1.29, 1.82) is 5.41 Å². The number of likely N-dealkylation sites (N-methyl/N-ethyl adjacent to an activating group) is 2. The molecule has 17 heavy (non-hydrogen) atoms. The molecule has 1 aliphatic rings. The molecular formula is C13H20N4. The van der Waals surface area contributed by atoms with Gasteiger partial charge in [-0.05, 0) is 25.0 Å². The number of nitrogens with zero attached hydrogens (tertiary/aromatic N) is 2. The molecule has 0 fully saturated rings. The summed E-state index contributed by atoms with van der Waals surface area (Å²) in [6.45, 7) is 3.64. The molecule has 92 valence electrons. The van der Waals surface area contributed by atoms with Crippen molar-refractivity contribution in [2.45, 2.75) is 19.4 Å². The maximum absolute atomic E-state index is 7.53. The summed E-state index contributed by atoms with van der Waals surface area (Å²) < 4.78 is 0. The average molecular weight is 232 g/mol. The van der Waals surface area contributed by atoms with Gasteiger partial charge in [0.25, 0.3) is 0 Å². The van der Waals surface area contributed by atoms with Gasteiger partial charge < -0.3 is 15.5 Å². The molecular weight excluding hydrogens is 212 g/mol. The minimum atomic E-state index is 0.164. The molecule has 1 aromatic carbocycles. The number of nitrogens with two attached hydrogens (primary N) is 1. The molecule has 0 radical (unpaired) electrons. The Balaban J connectivity index is 2.09. The molecule has 4 heteroatoms. The zero-order valence-corrected chi connectivity index (χ0v) is 10.5. The molecule has 0 saturated heterocycles. The van der Waals surface area contributed by atoms with E-state index in [1.54, 1.807) is 0 Å². The van der Waals surface area contributed by atoms with E-state index < -0.39 is 0 Å². The van der Waals surface area contributed by atoms with Gasteiger partial charge in [-0.3, -0.25) is 5.41 Å². The minimum absolute atomic E-state index is 0.164. The molecule has 1 unspecified atom stereocenters. The standard InChI is InChI=1S/C13H20N4/c1-3-17(13(14)15)9-11-8-10-6-4-5-7-12(10)16(11)2/h4-7,11H,3,8-9H2,1-2H3,(H3,14,15). The molecule has 0 aliphatic carbocycles. The lowest BCUT2D eigenvalue weighted by molar-refractivity contribution is 0.393. The van der Waals surface area contributed by atoms with E-state index in [1.165, 1.54) is 11.3 Å². The fourth-order valence-corrected chi connectivity index (χ4v) is 2.45. The normalized spacial score (nSPS) is 18.0. The molecule has 1 aromatic rings. The Labute approximate surface area is 103 Å². The molecule has 0 amide bonds. The number of rotatable bonds is 3. The van der Waals surface area contributed by atoms with Crippen LogP contribution < -0.4 is 10.6 Å². The van der Waals surface area contributed by atoms with E-state index >= 15 is 0 Å². The summed E-state index contributed by atoms with van der Waals surface area (Å²) in [5.41, 5.74) is 8.26. The molecule has 4 nitrogen and oxygen atoms in total. The van der Waals surface area contributed by atoms with Crippen molar-refractivity contribution in [1.82, 2.24) is 4.90 Å². The monoisotopic (exact) mass is 232 g/mol. The predicted octanol–water partition coefficient (Wildman–Crippen LogP) is 1.26. The van der Waals surface area contributed by atoms with Crippen molar-refractivity contribution in [3.8, 4) is 0 Å². The zero-order chi connectivity index (χ0) is 12.4. The van der Waals surface area contributed by atoms with Crippen LogP contribution in [0.3, 0.4) is 0 Å². The lowest BCUT2D eigenvalue weighted by Crippen LogP contribution is -2.45. The largest absolute Gasteiger partial charge is 0.370 e. The van der Waals surface area contributed by atoms with E-state index in [0.29, 0.717) is 6.04 Å². The predicted molar refractivity (Wildman–Crippen MR) is 71.5 cm³/mol. The van der Waals surface area contributed by atoms with Crippen LogP contribution in [0.25, 0.3) is 0 Å². The van der Waals surface area contributed by atoms with Gasteiger partial charge in [0, 0.05) is 25.8 Å². The Hall–Kier alpha value is -1.71. The summed E-state index contributed by atoms with van der Waals surface area (Å²) in [5.74, 6) is 0.164. The van der Waals surface area contributed by atoms with Crippen LogP contribution in [0.2, 0.25) is 0 Å². The van der Waals surface area contributed by atoms with Gasteiger partial charge in [-0.1, -0.05) is 18.2 Å². The first kappa shape index (κ1) is 11.8. The van der Waals surface area contributed by atoms with E-state index in [0.717, 1.165) is 19.5 Å². The second kappa shape index (κ2) is 4.65. The quantitative estimate of drug-likeness (QED) is 0.609. The molecule has 0 spiro atoms. The Kier molecular flexibility index (Phi) is 3.22. The molecule has 0 bridgehead atoms. The number of anilines is 1. The van der Waals surface area contributed by atoms with Gasteiger partial charge in [-0.2, -0.15) is 0 Å². The van der Waals surface area contributed by atoms with Crippen molar-refractivity contribution in [2.75, 3.05) is 25.0 Å². The first-order valence-corrected chi connectivity index (χ1v) is 6.03. The van der Waals surface area contributed by atoms with E-state index in [-0.39, 0.29) is 5.96 Å². The van der Waals surface area contributed by atoms with Crippen molar-refractivity contribution >= 4 is 11.6 Å². The number of fused-ring (bicyclic) bond motifs is 1. The van der Waals surface area contributed by atoms with Crippen molar-refractivity contribution < 1.29 is 0 Å². The lowest BCUT2D eigenvalue weighted by Gasteiger charge is -2.29. The Morgan fingerprint density at radius 1 is 1.53 bits per heavy atom. The lowest BCUT2D eigenvalue weighted by atomic mass is 10.1. The molecule has 0 saturated carbocycles. The van der Waals surface area contributed by atoms with Gasteiger partial charge in [0.15, 0.2) is 5.96 Å². The fraction of sp³-hybridized carbons (Fsp3) is 0.462. The highest BCUT2D eigenvalue weighted by Crippen LogP contribution is 2.30. The summed E-state index contributed by atoms with van der Waals surface area (Å²) in [6.07, 6.45) is 1.04. The van der Waals surface area contributed by atoms with E-state index in [9.17, 15) is 0 Å². The third-order valence-electron chi connectivity index (χ3n) is 3.53. The smallest absolute Gasteiger partial charge is 0.188 e. The van der Waals surface area contributed by atoms with Crippen LogP contribution in [0.15, 0.2) is 24.3 Å². The van der Waals surface area contributed by atoms with Crippen LogP contribution >= 0.6 is 0 Å². The van der Waals surface area contributed by atoms with Crippen LogP contribution in [0.4, 0.5) is 5.69 Å². The van der Waals surface area contributed by atoms with E-state index in [2.05, 4.69) is 36.2 Å². The Morgan fingerprint density at radius 2 is 2.24 bits per heavy atom. The molecule has 3 N–H and O–H groups in total. The van der Waals surface area contributed by atoms with Crippen molar-refractivity contribution in [2.24, 2.45) is 5.73 Å². The highest BCUT2D eigenvalue weighted by Gasteiger charge is 2.27. The number of hydrogen-bond acceptors (Lipinski definition) is 2. The minimum Gasteiger partial charge on any atom is -0.370 e. The first-order valence-electron chi connectivity index (χ1n) is 6.03. The topological polar surface area (TPSA) is 56.4 Å². The zero-order valence-electron chi connectivity index (χ0n) is 10.5. The van der Waals surface area contributed by atoms with Crippen LogP contribution in [0, 0.1) is 5.41 Å². The van der Waals surface area contributed by atoms with Crippen molar-refractivity contribution in [3.63, 3.8) is 0 Å². The summed E-state index contributed by atoms with van der Waals surface area (Å²) in [5, 5.41) is 7.53. The maximum Gasteiger partial charge on any atom is 0.188 e. The van der Waals surface area contributed by atoms with Gasteiger partial charge >= 0.3 is 0 Å². The number of nitrogens with one attached hydrogen (secondary N) is 1. The van der Waals surface area contributed by atoms with E-state index in [1.807, 2.05) is 11.8 Å². The molecule has 1 aliphatic heterocycles. The molecule has 1 heterocycles. The van der Waals surface area contributed by atoms with Crippen LogP contribution in [-0.4, -0.2) is 37.0 Å². The summed E-state index contributed by atoms with van der Waals surface area (Å²) in [4.78, 5) is 4.20. The average Bonchev–Trinajstić information content (AvgIpc) is 2.63. The van der Waals surface area contributed by atoms with Gasteiger partial charge in [0.1, 0.15) is 0 Å². The number of guanidine groups is 1. The third-order valence-corrected chi connectivity index (χ3v) is 3.53. The third kappa shape index (κ3) is 2.20. The number of para-hydroxylation sites is 1. The van der Waals surface area contributed by atoms with Crippen LogP contribution in [0.1, 0.15) is 12.5 Å². The number of benzene rings is 1. The Morgan fingerprint density at radius 3 is 2.82 bits per heavy atom. The van der Waals surface area contributed by atoms with Gasteiger partial charge in [-0.15, -0.1) is 0 Å². The molecule has 0 aromatic heterocycles. The second-order valence-electron chi connectivity index (χ2n) is 4.52. The fourth-order valence-electron chi connectivity index (χ4n) is 2.45. The SMILES string of the molecule is CCN(CC1Cc2ccccc2N1C)C(=N)N. The van der Waals surface area contributed by atoms with E-state index in [4.69, 9.17) is 11.1 Å². The maximum atomic E-state index is 7.53. The Bertz CT molecular complexity index is 416. The first-order chi connectivity index (χ1) is 8.13. The van der Waals surface area contributed by atoms with Crippen molar-refractivity contribution in [3.05, 3.63) is 29.8 Å². The van der Waals surface area contributed by atoms with Crippen LogP contribution in [-0.2, 0) is 6.42 Å². The van der Waals surface area contributed by atoms with Gasteiger partial charge in [0.2, 0.25) is 0 Å². The highest BCUT2D eigenvalue weighted by atomic mass is 15.3.